The van der Waals surface area contributed by atoms with E-state index >= 15 is 0 Å². The van der Waals surface area contributed by atoms with Crippen LogP contribution in [0.15, 0.2) is 103 Å². The van der Waals surface area contributed by atoms with Gasteiger partial charge in [0.05, 0.1) is 24.2 Å². The first-order chi connectivity index (χ1) is 17.2. The number of hydrogen-bond donors (Lipinski definition) is 0. The van der Waals surface area contributed by atoms with E-state index < -0.39 is 0 Å². The molecule has 6 aromatic rings. The molecule has 0 radical (unpaired) electrons. The van der Waals surface area contributed by atoms with Crippen LogP contribution in [0, 0.1) is 6.92 Å². The van der Waals surface area contributed by atoms with Crippen LogP contribution in [0.1, 0.15) is 17.4 Å². The minimum atomic E-state index is -0.251. The molecule has 1 aliphatic rings. The summed E-state index contributed by atoms with van der Waals surface area (Å²) in [6, 6.07) is 37.4. The van der Waals surface area contributed by atoms with Crippen molar-refractivity contribution in [3.05, 3.63) is 114 Å². The maximum atomic E-state index is 5.69. The average molecular weight is 456 g/mol. The molecule has 1 fully saturated rings. The Balaban J connectivity index is 1.39. The highest BCUT2D eigenvalue weighted by Crippen LogP contribution is 2.36. The second-order valence-electron chi connectivity index (χ2n) is 9.31. The van der Waals surface area contributed by atoms with E-state index in [0.717, 1.165) is 11.3 Å². The number of nitrogens with zero attached hydrogens (tertiary/aromatic N) is 1. The molecular weight excluding hydrogens is 430 g/mol. The average Bonchev–Trinajstić information content (AvgIpc) is 3.55. The molecule has 0 bridgehead atoms. The smallest absolute Gasteiger partial charge is 0.184 e. The van der Waals surface area contributed by atoms with Crippen LogP contribution in [-0.4, -0.2) is 17.8 Å². The number of hydrogen-bond acceptors (Lipinski definition) is 2. The third kappa shape index (κ3) is 3.44. The van der Waals surface area contributed by atoms with Crippen LogP contribution in [0.4, 0.5) is 0 Å². The topological polar surface area (TPSA) is 23.4 Å². The Morgan fingerprint density at radius 2 is 1.34 bits per heavy atom. The molecule has 0 saturated carbocycles. The second kappa shape index (κ2) is 8.09. The van der Waals surface area contributed by atoms with Gasteiger partial charge < -0.3 is 14.0 Å². The summed E-state index contributed by atoms with van der Waals surface area (Å²) in [7, 11) is 0. The van der Waals surface area contributed by atoms with Crippen molar-refractivity contribution < 1.29 is 9.47 Å². The highest BCUT2D eigenvalue weighted by molar-refractivity contribution is 6.10. The van der Waals surface area contributed by atoms with E-state index in [0.29, 0.717) is 13.2 Å². The summed E-state index contributed by atoms with van der Waals surface area (Å²) in [5.74, 6) is 0. The van der Waals surface area contributed by atoms with Crippen molar-refractivity contribution in [2.45, 2.75) is 13.2 Å². The Kier molecular flexibility index (Phi) is 4.73. The molecule has 2 heterocycles. The van der Waals surface area contributed by atoms with Crippen LogP contribution in [0.2, 0.25) is 0 Å². The number of benzene rings is 5. The molecule has 3 nitrogen and oxygen atoms in total. The van der Waals surface area contributed by atoms with E-state index in [-0.39, 0.29) is 6.29 Å². The van der Waals surface area contributed by atoms with Gasteiger partial charge in [-0.05, 0) is 65.2 Å². The zero-order valence-electron chi connectivity index (χ0n) is 19.6. The summed E-state index contributed by atoms with van der Waals surface area (Å²) in [5.41, 5.74) is 8.42. The molecule has 0 aliphatic carbocycles. The highest BCUT2D eigenvalue weighted by atomic mass is 16.7. The maximum absolute atomic E-state index is 5.69. The van der Waals surface area contributed by atoms with Gasteiger partial charge in [0, 0.05) is 22.0 Å². The minimum absolute atomic E-state index is 0.251. The maximum Gasteiger partial charge on any atom is 0.184 e. The van der Waals surface area contributed by atoms with Crippen LogP contribution in [0.3, 0.4) is 0 Å². The van der Waals surface area contributed by atoms with Gasteiger partial charge >= 0.3 is 0 Å². The largest absolute Gasteiger partial charge is 0.346 e. The third-order valence-corrected chi connectivity index (χ3v) is 7.06. The number of fused-ring (bicyclic) bond motifs is 4. The number of aromatic nitrogens is 1. The molecule has 0 unspecified atom stereocenters. The summed E-state index contributed by atoms with van der Waals surface area (Å²) in [6.45, 7) is 3.43. The molecule has 170 valence electrons. The Bertz CT molecular complexity index is 1710. The molecule has 1 aliphatic heterocycles. The summed E-state index contributed by atoms with van der Waals surface area (Å²) < 4.78 is 13.8. The van der Waals surface area contributed by atoms with Gasteiger partial charge in [0.15, 0.2) is 6.29 Å². The number of para-hydroxylation sites is 1. The van der Waals surface area contributed by atoms with Crippen molar-refractivity contribution in [2.24, 2.45) is 0 Å². The second-order valence-corrected chi connectivity index (χ2v) is 9.31. The summed E-state index contributed by atoms with van der Waals surface area (Å²) in [6.07, 6.45) is -0.251. The lowest BCUT2D eigenvalue weighted by molar-refractivity contribution is -0.0440. The molecule has 5 aromatic carbocycles. The van der Waals surface area contributed by atoms with Crippen LogP contribution in [0.5, 0.6) is 0 Å². The number of rotatable bonds is 3. The standard InChI is InChI=1S/C32H25NO2/c1-21-6-8-22(9-7-21)25-13-15-31-29(20-25)28-4-2-3-5-30(28)33(31)27-14-12-23-18-26(11-10-24(23)19-27)32-34-16-17-35-32/h2-15,18-20,32H,16-17H2,1H3. The zero-order valence-corrected chi connectivity index (χ0v) is 19.6. The highest BCUT2D eigenvalue weighted by Gasteiger charge is 2.19. The fourth-order valence-electron chi connectivity index (χ4n) is 5.26. The SMILES string of the molecule is Cc1ccc(-c2ccc3c(c2)c2ccccc2n3-c2ccc3cc(C4OCCO4)ccc3c2)cc1. The molecule has 0 spiro atoms. The van der Waals surface area contributed by atoms with E-state index in [9.17, 15) is 0 Å². The lowest BCUT2D eigenvalue weighted by atomic mass is 10.0. The van der Waals surface area contributed by atoms with Crippen LogP contribution >= 0.6 is 0 Å². The summed E-state index contributed by atoms with van der Waals surface area (Å²) >= 11 is 0. The van der Waals surface area contributed by atoms with Crippen LogP contribution in [0.25, 0.3) is 49.4 Å². The fraction of sp³-hybridized carbons (Fsp3) is 0.125. The lowest BCUT2D eigenvalue weighted by Gasteiger charge is -2.12. The van der Waals surface area contributed by atoms with Crippen molar-refractivity contribution in [3.63, 3.8) is 0 Å². The molecule has 0 atom stereocenters. The van der Waals surface area contributed by atoms with Gasteiger partial charge in [-0.3, -0.25) is 0 Å². The van der Waals surface area contributed by atoms with Gasteiger partial charge in [0.2, 0.25) is 0 Å². The van der Waals surface area contributed by atoms with Crippen molar-refractivity contribution in [3.8, 4) is 16.8 Å². The van der Waals surface area contributed by atoms with Gasteiger partial charge in [-0.2, -0.15) is 0 Å². The van der Waals surface area contributed by atoms with Crippen molar-refractivity contribution in [1.82, 2.24) is 4.57 Å². The van der Waals surface area contributed by atoms with Crippen LogP contribution in [-0.2, 0) is 9.47 Å². The molecule has 35 heavy (non-hydrogen) atoms. The summed E-state index contributed by atoms with van der Waals surface area (Å²) in [4.78, 5) is 0. The van der Waals surface area contributed by atoms with Crippen molar-refractivity contribution >= 4 is 32.6 Å². The predicted octanol–water partition coefficient (Wildman–Crippen LogP) is 7.96. The van der Waals surface area contributed by atoms with Gasteiger partial charge in [-0.15, -0.1) is 0 Å². The number of aryl methyl sites for hydroxylation is 1. The van der Waals surface area contributed by atoms with E-state index in [1.54, 1.807) is 0 Å². The quantitative estimate of drug-likeness (QED) is 0.270. The summed E-state index contributed by atoms with van der Waals surface area (Å²) in [5, 5.41) is 4.92. The van der Waals surface area contributed by atoms with Crippen molar-refractivity contribution in [2.75, 3.05) is 13.2 Å². The minimum Gasteiger partial charge on any atom is -0.346 e. The van der Waals surface area contributed by atoms with E-state index in [2.05, 4.69) is 115 Å². The third-order valence-electron chi connectivity index (χ3n) is 7.06. The molecule has 0 amide bonds. The van der Waals surface area contributed by atoms with Gasteiger partial charge in [0.25, 0.3) is 0 Å². The van der Waals surface area contributed by atoms with E-state index in [4.69, 9.17) is 9.47 Å². The van der Waals surface area contributed by atoms with Crippen LogP contribution < -0.4 is 0 Å². The van der Waals surface area contributed by atoms with E-state index in [1.165, 1.54) is 49.3 Å². The molecule has 0 N–H and O–H groups in total. The lowest BCUT2D eigenvalue weighted by Crippen LogP contribution is -1.98. The zero-order chi connectivity index (χ0) is 23.4. The van der Waals surface area contributed by atoms with Crippen molar-refractivity contribution in [1.29, 1.82) is 0 Å². The van der Waals surface area contributed by atoms with Gasteiger partial charge in [-0.25, -0.2) is 0 Å². The monoisotopic (exact) mass is 455 g/mol. The Morgan fingerprint density at radius 1 is 0.629 bits per heavy atom. The molecule has 3 heteroatoms. The Morgan fingerprint density at radius 3 is 2.20 bits per heavy atom. The van der Waals surface area contributed by atoms with Gasteiger partial charge in [-0.1, -0.05) is 72.3 Å². The molecule has 7 rings (SSSR count). The van der Waals surface area contributed by atoms with E-state index in [1.807, 2.05) is 0 Å². The molecule has 1 saturated heterocycles. The number of ether oxygens (including phenoxy) is 2. The van der Waals surface area contributed by atoms with Gasteiger partial charge in [0.1, 0.15) is 0 Å². The Hall–Kier alpha value is -3.92. The molecular formula is C32H25NO2. The first kappa shape index (κ1) is 20.5. The fourth-order valence-corrected chi connectivity index (χ4v) is 5.26. The predicted molar refractivity (Wildman–Crippen MR) is 143 cm³/mol. The first-order valence-electron chi connectivity index (χ1n) is 12.1. The normalized spacial score (nSPS) is 14.4. The Labute approximate surface area is 204 Å². The first-order valence-corrected chi connectivity index (χ1v) is 12.1. The molecule has 1 aromatic heterocycles.